The molecule has 4 heteroatoms. The molecule has 0 bridgehead atoms. The molecule has 3 aromatic rings. The van der Waals surface area contributed by atoms with Gasteiger partial charge in [0.2, 0.25) is 5.88 Å². The summed E-state index contributed by atoms with van der Waals surface area (Å²) in [5, 5.41) is 2.18. The van der Waals surface area contributed by atoms with Crippen LogP contribution in [0.25, 0.3) is 22.0 Å². The van der Waals surface area contributed by atoms with Crippen molar-refractivity contribution in [1.29, 1.82) is 0 Å². The van der Waals surface area contributed by atoms with Crippen molar-refractivity contribution in [3.63, 3.8) is 0 Å². The standard InChI is InChI=1S/C27H33N3O/c1-26(2,3)22(28-7)18-23(27(4,5)6)30-31-24-17-20-15-11-12-16-21(20)25(29-24)19-13-9-8-10-14-19/h8-18,30H,1-7H3. The van der Waals surface area contributed by atoms with Crippen LogP contribution in [0.3, 0.4) is 0 Å². The van der Waals surface area contributed by atoms with Gasteiger partial charge in [-0.3, -0.25) is 4.99 Å². The second-order valence-corrected chi connectivity index (χ2v) is 9.77. The number of hydroxylamine groups is 1. The van der Waals surface area contributed by atoms with Gasteiger partial charge < -0.3 is 4.84 Å². The summed E-state index contributed by atoms with van der Waals surface area (Å²) in [6.45, 7) is 12.9. The highest BCUT2D eigenvalue weighted by Crippen LogP contribution is 2.31. The largest absolute Gasteiger partial charge is 0.362 e. The lowest BCUT2D eigenvalue weighted by Gasteiger charge is -2.27. The first-order valence-electron chi connectivity index (χ1n) is 10.7. The average Bonchev–Trinajstić information content (AvgIpc) is 2.72. The Morgan fingerprint density at radius 2 is 1.55 bits per heavy atom. The van der Waals surface area contributed by atoms with Crippen LogP contribution in [0.4, 0.5) is 0 Å². The van der Waals surface area contributed by atoms with Crippen LogP contribution in [-0.2, 0) is 0 Å². The van der Waals surface area contributed by atoms with E-state index in [0.29, 0.717) is 5.88 Å². The SMILES string of the molecule is CN=C(C=C(NOc1cc2ccccc2c(-c2ccccc2)n1)C(C)(C)C)C(C)(C)C. The lowest BCUT2D eigenvalue weighted by atomic mass is 9.85. The zero-order chi connectivity index (χ0) is 22.6. The molecule has 162 valence electrons. The van der Waals surface area contributed by atoms with Crippen molar-refractivity contribution in [2.45, 2.75) is 41.5 Å². The minimum atomic E-state index is -0.152. The third-order valence-electron chi connectivity index (χ3n) is 5.13. The Labute approximate surface area is 186 Å². The highest BCUT2D eigenvalue weighted by molar-refractivity contribution is 5.99. The van der Waals surface area contributed by atoms with Gasteiger partial charge in [0.25, 0.3) is 0 Å². The first-order valence-corrected chi connectivity index (χ1v) is 10.7. The van der Waals surface area contributed by atoms with E-state index >= 15 is 0 Å². The van der Waals surface area contributed by atoms with Crippen LogP contribution in [0, 0.1) is 10.8 Å². The lowest BCUT2D eigenvalue weighted by molar-refractivity contribution is 0.192. The van der Waals surface area contributed by atoms with Gasteiger partial charge >= 0.3 is 0 Å². The molecule has 2 aromatic carbocycles. The van der Waals surface area contributed by atoms with Crippen LogP contribution < -0.4 is 10.3 Å². The predicted molar refractivity (Wildman–Crippen MR) is 131 cm³/mol. The molecule has 0 aliphatic heterocycles. The molecule has 1 aromatic heterocycles. The third kappa shape index (κ3) is 5.52. The summed E-state index contributed by atoms with van der Waals surface area (Å²) in [4.78, 5) is 15.4. The maximum Gasteiger partial charge on any atom is 0.246 e. The van der Waals surface area contributed by atoms with Gasteiger partial charge in [0, 0.05) is 40.6 Å². The van der Waals surface area contributed by atoms with Gasteiger partial charge in [0.05, 0.1) is 11.4 Å². The summed E-state index contributed by atoms with van der Waals surface area (Å²) in [7, 11) is 1.83. The molecular formula is C27H33N3O. The van der Waals surface area contributed by atoms with Gasteiger partial charge in [-0.1, -0.05) is 96.1 Å². The molecule has 0 atom stereocenters. The summed E-state index contributed by atoms with van der Waals surface area (Å²) in [5.41, 5.74) is 6.87. The molecule has 1 heterocycles. The Balaban J connectivity index is 1.99. The summed E-state index contributed by atoms with van der Waals surface area (Å²) in [5.74, 6) is 0.526. The Hall–Kier alpha value is -3.14. The molecular weight excluding hydrogens is 382 g/mol. The number of aliphatic imine (C=N–C) groups is 1. The number of hydrogen-bond donors (Lipinski definition) is 1. The van der Waals surface area contributed by atoms with Crippen LogP contribution in [0.5, 0.6) is 5.88 Å². The van der Waals surface area contributed by atoms with Crippen molar-refractivity contribution in [2.24, 2.45) is 15.8 Å². The molecule has 3 rings (SSSR count). The Kier molecular flexibility index (Phi) is 6.49. The number of hydrogen-bond acceptors (Lipinski definition) is 4. The van der Waals surface area contributed by atoms with E-state index in [0.717, 1.165) is 33.4 Å². The van der Waals surface area contributed by atoms with Gasteiger partial charge in [-0.15, -0.1) is 0 Å². The summed E-state index contributed by atoms with van der Waals surface area (Å²) >= 11 is 0. The van der Waals surface area contributed by atoms with Crippen LogP contribution in [0.1, 0.15) is 41.5 Å². The number of nitrogens with zero attached hydrogens (tertiary/aromatic N) is 2. The number of aromatic nitrogens is 1. The molecule has 0 saturated carbocycles. The van der Waals surface area contributed by atoms with E-state index in [1.807, 2.05) is 43.4 Å². The van der Waals surface area contributed by atoms with E-state index in [4.69, 9.17) is 9.82 Å². The molecule has 0 amide bonds. The topological polar surface area (TPSA) is 46.5 Å². The highest BCUT2D eigenvalue weighted by Gasteiger charge is 2.23. The smallest absolute Gasteiger partial charge is 0.246 e. The third-order valence-corrected chi connectivity index (χ3v) is 5.13. The zero-order valence-corrected chi connectivity index (χ0v) is 19.7. The number of pyridine rings is 1. The summed E-state index contributed by atoms with van der Waals surface area (Å²) in [6.07, 6.45) is 2.08. The number of benzene rings is 2. The van der Waals surface area contributed by atoms with Crippen LogP contribution in [0.2, 0.25) is 0 Å². The van der Waals surface area contributed by atoms with Crippen molar-refractivity contribution < 1.29 is 4.84 Å². The maximum atomic E-state index is 6.04. The van der Waals surface area contributed by atoms with Gasteiger partial charge in [0.1, 0.15) is 0 Å². The molecule has 31 heavy (non-hydrogen) atoms. The van der Waals surface area contributed by atoms with Crippen molar-refractivity contribution >= 4 is 16.5 Å². The fourth-order valence-corrected chi connectivity index (χ4v) is 3.30. The first-order chi connectivity index (χ1) is 14.6. The molecule has 0 fully saturated rings. The molecule has 1 N–H and O–H groups in total. The predicted octanol–water partition coefficient (Wildman–Crippen LogP) is 6.83. The van der Waals surface area contributed by atoms with E-state index in [9.17, 15) is 0 Å². The van der Waals surface area contributed by atoms with Crippen molar-refractivity contribution in [2.75, 3.05) is 7.05 Å². The number of fused-ring (bicyclic) bond motifs is 1. The lowest BCUT2D eigenvalue weighted by Crippen LogP contribution is -2.30. The van der Waals surface area contributed by atoms with E-state index in [-0.39, 0.29) is 10.8 Å². The number of rotatable bonds is 5. The monoisotopic (exact) mass is 415 g/mol. The van der Waals surface area contributed by atoms with Crippen molar-refractivity contribution in [3.05, 3.63) is 72.4 Å². The number of allylic oxidation sites excluding steroid dienone is 2. The quantitative estimate of drug-likeness (QED) is 0.367. The Bertz CT molecular complexity index is 1100. The zero-order valence-electron chi connectivity index (χ0n) is 19.7. The van der Waals surface area contributed by atoms with E-state index in [1.54, 1.807) is 0 Å². The van der Waals surface area contributed by atoms with Crippen LogP contribution in [0.15, 0.2) is 77.4 Å². The first kappa shape index (κ1) is 22.5. The number of nitrogens with one attached hydrogen (secondary N) is 1. The second-order valence-electron chi connectivity index (χ2n) is 9.77. The molecule has 0 aliphatic rings. The normalized spacial score (nSPS) is 13.4. The van der Waals surface area contributed by atoms with Crippen molar-refractivity contribution in [3.8, 4) is 17.1 Å². The van der Waals surface area contributed by atoms with E-state index < -0.39 is 0 Å². The Morgan fingerprint density at radius 1 is 0.903 bits per heavy atom. The fraction of sp³-hybridized carbons (Fsp3) is 0.333. The molecule has 0 aliphatic carbocycles. The minimum Gasteiger partial charge on any atom is -0.362 e. The van der Waals surface area contributed by atoms with Gasteiger partial charge in [-0.05, 0) is 11.5 Å². The average molecular weight is 416 g/mol. The fourth-order valence-electron chi connectivity index (χ4n) is 3.30. The minimum absolute atomic E-state index is 0.0609. The second kappa shape index (κ2) is 8.93. The van der Waals surface area contributed by atoms with E-state index in [1.165, 1.54) is 0 Å². The van der Waals surface area contributed by atoms with Gasteiger partial charge in [0.15, 0.2) is 0 Å². The highest BCUT2D eigenvalue weighted by atomic mass is 16.7. The van der Waals surface area contributed by atoms with E-state index in [2.05, 4.69) is 82.4 Å². The molecule has 0 saturated heterocycles. The summed E-state index contributed by atoms with van der Waals surface area (Å²) < 4.78 is 0. The molecule has 0 unspecified atom stereocenters. The van der Waals surface area contributed by atoms with Gasteiger partial charge in [-0.25, -0.2) is 10.5 Å². The van der Waals surface area contributed by atoms with Crippen molar-refractivity contribution in [1.82, 2.24) is 10.5 Å². The molecule has 0 radical (unpaired) electrons. The van der Waals surface area contributed by atoms with Crippen LogP contribution in [-0.4, -0.2) is 17.7 Å². The van der Waals surface area contributed by atoms with Crippen LogP contribution >= 0.6 is 0 Å². The van der Waals surface area contributed by atoms with Gasteiger partial charge in [-0.2, -0.15) is 0 Å². The maximum absolute atomic E-state index is 6.04. The summed E-state index contributed by atoms with van der Waals surface area (Å²) in [6, 6.07) is 20.4. The molecule has 4 nitrogen and oxygen atoms in total. The Morgan fingerprint density at radius 3 is 2.16 bits per heavy atom. The molecule has 0 spiro atoms.